The highest BCUT2D eigenvalue weighted by atomic mass is 19.1. The van der Waals surface area contributed by atoms with Gasteiger partial charge in [-0.1, -0.05) is 12.6 Å². The summed E-state index contributed by atoms with van der Waals surface area (Å²) < 4.78 is 14.8. The van der Waals surface area contributed by atoms with E-state index >= 15 is 0 Å². The monoisotopic (exact) mass is 293 g/mol. The zero-order chi connectivity index (χ0) is 15.1. The van der Waals surface area contributed by atoms with E-state index in [1.54, 1.807) is 6.20 Å². The molecule has 0 saturated carbocycles. The van der Waals surface area contributed by atoms with Crippen molar-refractivity contribution in [3.63, 3.8) is 0 Å². The third-order valence-corrected chi connectivity index (χ3v) is 4.18. The van der Waals surface area contributed by atoms with Gasteiger partial charge < -0.3 is 9.88 Å². The Morgan fingerprint density at radius 2 is 2.14 bits per heavy atom. The molecule has 0 fully saturated rings. The molecule has 1 N–H and O–H groups in total. The molecule has 0 spiro atoms. The quantitative estimate of drug-likeness (QED) is 0.788. The summed E-state index contributed by atoms with van der Waals surface area (Å²) in [4.78, 5) is 4.57. The number of nitrogens with zero attached hydrogens (tertiary/aromatic N) is 2. The van der Waals surface area contributed by atoms with Gasteiger partial charge in [-0.2, -0.15) is 0 Å². The van der Waals surface area contributed by atoms with Crippen LogP contribution >= 0.6 is 0 Å². The van der Waals surface area contributed by atoms with Gasteiger partial charge in [0.25, 0.3) is 0 Å². The van der Waals surface area contributed by atoms with Gasteiger partial charge >= 0.3 is 0 Å². The molecule has 4 rings (SSSR count). The summed E-state index contributed by atoms with van der Waals surface area (Å²) in [6, 6.07) is 8.13. The maximum absolute atomic E-state index is 12.6. The lowest BCUT2D eigenvalue weighted by Gasteiger charge is -2.16. The van der Waals surface area contributed by atoms with Gasteiger partial charge in [0.05, 0.1) is 23.2 Å². The molecule has 0 amide bonds. The minimum Gasteiger partial charge on any atom is -0.362 e. The molecule has 2 aromatic heterocycles. The summed E-state index contributed by atoms with van der Waals surface area (Å²) in [5.41, 5.74) is 6.22. The number of nitrogens with one attached hydrogen (secondary N) is 1. The Morgan fingerprint density at radius 3 is 3.00 bits per heavy atom. The average Bonchev–Trinajstić information content (AvgIpc) is 2.87. The lowest BCUT2D eigenvalue weighted by Crippen LogP contribution is -2.08. The lowest BCUT2D eigenvalue weighted by atomic mass is 9.98. The number of aromatic nitrogens is 2. The van der Waals surface area contributed by atoms with Gasteiger partial charge in [0, 0.05) is 35.6 Å². The van der Waals surface area contributed by atoms with E-state index in [4.69, 9.17) is 0 Å². The van der Waals surface area contributed by atoms with Crippen molar-refractivity contribution in [1.82, 2.24) is 14.9 Å². The Bertz CT molecular complexity index is 921. The number of fused-ring (bicyclic) bond motifs is 5. The third kappa shape index (κ3) is 1.77. The molecule has 1 aromatic carbocycles. The van der Waals surface area contributed by atoms with Crippen LogP contribution in [-0.2, 0) is 6.54 Å². The van der Waals surface area contributed by atoms with E-state index in [2.05, 4.69) is 39.7 Å². The molecule has 110 valence electrons. The number of benzene rings is 1. The molecular formula is C18H16FN3. The molecule has 0 aliphatic carbocycles. The van der Waals surface area contributed by atoms with Crippen LogP contribution in [0.3, 0.4) is 0 Å². The number of aryl methyl sites for hydroxylation is 1. The van der Waals surface area contributed by atoms with Crippen molar-refractivity contribution in [2.24, 2.45) is 0 Å². The fourth-order valence-corrected chi connectivity index (χ4v) is 3.22. The summed E-state index contributed by atoms with van der Waals surface area (Å²) in [5.74, 6) is 0. The maximum Gasteiger partial charge on any atom is 0.0966 e. The molecule has 1 aliphatic rings. The van der Waals surface area contributed by atoms with Gasteiger partial charge in [0.1, 0.15) is 0 Å². The van der Waals surface area contributed by atoms with Crippen molar-refractivity contribution < 1.29 is 4.39 Å². The maximum atomic E-state index is 12.6. The first kappa shape index (κ1) is 13.1. The SMILES string of the molecule is C=C1NC=Cc2c1ccc1c2c2ncccc2n1CCCF. The van der Waals surface area contributed by atoms with Crippen LogP contribution in [0.15, 0.2) is 43.2 Å². The minimum absolute atomic E-state index is 0.313. The highest BCUT2D eigenvalue weighted by molar-refractivity contribution is 6.11. The number of hydrogen-bond acceptors (Lipinski definition) is 2. The average molecular weight is 293 g/mol. The van der Waals surface area contributed by atoms with Crippen LogP contribution in [0.2, 0.25) is 0 Å². The molecule has 4 heteroatoms. The fourth-order valence-electron chi connectivity index (χ4n) is 3.22. The van der Waals surface area contributed by atoms with E-state index in [9.17, 15) is 4.39 Å². The van der Waals surface area contributed by atoms with Crippen LogP contribution < -0.4 is 5.32 Å². The predicted octanol–water partition coefficient (Wildman–Crippen LogP) is 4.09. The Kier molecular flexibility index (Phi) is 2.96. The smallest absolute Gasteiger partial charge is 0.0966 e. The summed E-state index contributed by atoms with van der Waals surface area (Å²) in [6.07, 6.45) is 6.27. The molecule has 22 heavy (non-hydrogen) atoms. The highest BCUT2D eigenvalue weighted by Crippen LogP contribution is 2.35. The Balaban J connectivity index is 2.12. The Labute approximate surface area is 127 Å². The molecule has 1 aliphatic heterocycles. The Morgan fingerprint density at radius 1 is 1.23 bits per heavy atom. The van der Waals surface area contributed by atoms with Gasteiger partial charge in [0.2, 0.25) is 0 Å². The topological polar surface area (TPSA) is 29.9 Å². The number of rotatable bonds is 3. The number of halogens is 1. The van der Waals surface area contributed by atoms with E-state index in [-0.39, 0.29) is 6.67 Å². The van der Waals surface area contributed by atoms with E-state index in [0.29, 0.717) is 13.0 Å². The molecule has 0 atom stereocenters. The van der Waals surface area contributed by atoms with Gasteiger partial charge in [-0.25, -0.2) is 0 Å². The lowest BCUT2D eigenvalue weighted by molar-refractivity contribution is 0.452. The summed E-state index contributed by atoms with van der Waals surface area (Å²) in [6.45, 7) is 4.40. The molecule has 3 heterocycles. The van der Waals surface area contributed by atoms with Crippen LogP contribution in [0.25, 0.3) is 33.7 Å². The van der Waals surface area contributed by atoms with Gasteiger partial charge in [-0.15, -0.1) is 0 Å². The first-order chi connectivity index (χ1) is 10.8. The summed E-state index contributed by atoms with van der Waals surface area (Å²) >= 11 is 0. The second kappa shape index (κ2) is 4.98. The zero-order valence-corrected chi connectivity index (χ0v) is 12.1. The van der Waals surface area contributed by atoms with E-state index in [1.165, 1.54) is 0 Å². The summed E-state index contributed by atoms with van der Waals surface area (Å²) in [7, 11) is 0. The first-order valence-electron chi connectivity index (χ1n) is 7.39. The second-order valence-electron chi connectivity index (χ2n) is 5.44. The molecule has 0 saturated heterocycles. The van der Waals surface area contributed by atoms with Crippen molar-refractivity contribution in [3.8, 4) is 0 Å². The zero-order valence-electron chi connectivity index (χ0n) is 12.1. The van der Waals surface area contributed by atoms with Crippen molar-refractivity contribution in [3.05, 3.63) is 54.4 Å². The molecule has 3 nitrogen and oxygen atoms in total. The number of alkyl halides is 1. The predicted molar refractivity (Wildman–Crippen MR) is 89.0 cm³/mol. The van der Waals surface area contributed by atoms with Crippen molar-refractivity contribution in [2.75, 3.05) is 6.67 Å². The highest BCUT2D eigenvalue weighted by Gasteiger charge is 2.18. The normalized spacial score (nSPS) is 13.6. The van der Waals surface area contributed by atoms with Gasteiger partial charge in [-0.3, -0.25) is 9.37 Å². The number of pyridine rings is 1. The molecular weight excluding hydrogens is 277 g/mol. The van der Waals surface area contributed by atoms with Crippen LogP contribution in [0.5, 0.6) is 0 Å². The minimum atomic E-state index is -0.313. The van der Waals surface area contributed by atoms with Crippen molar-refractivity contribution in [1.29, 1.82) is 0 Å². The summed E-state index contributed by atoms with van der Waals surface area (Å²) in [5, 5.41) is 4.26. The van der Waals surface area contributed by atoms with Crippen LogP contribution in [-0.4, -0.2) is 16.2 Å². The van der Waals surface area contributed by atoms with Crippen LogP contribution in [0, 0.1) is 0 Å². The van der Waals surface area contributed by atoms with Crippen molar-refractivity contribution in [2.45, 2.75) is 13.0 Å². The van der Waals surface area contributed by atoms with E-state index in [1.807, 2.05) is 18.3 Å². The largest absolute Gasteiger partial charge is 0.362 e. The number of hydrogen-bond donors (Lipinski definition) is 1. The first-order valence-corrected chi connectivity index (χ1v) is 7.39. The van der Waals surface area contributed by atoms with Crippen molar-refractivity contribution >= 4 is 33.7 Å². The van der Waals surface area contributed by atoms with Gasteiger partial charge in [0.15, 0.2) is 0 Å². The molecule has 3 aromatic rings. The van der Waals surface area contributed by atoms with Gasteiger partial charge in [-0.05, 0) is 36.3 Å². The standard InChI is InChI=1S/C18H16FN3/c1-12-13-5-6-15-17(14(13)7-10-20-12)18-16(4-2-9-21-18)22(15)11-3-8-19/h2,4-7,9-10,20H,1,3,8,11H2. The van der Waals surface area contributed by atoms with E-state index < -0.39 is 0 Å². The molecule has 0 bridgehead atoms. The second-order valence-corrected chi connectivity index (χ2v) is 5.44. The van der Waals surface area contributed by atoms with Crippen LogP contribution in [0.4, 0.5) is 4.39 Å². The molecule has 0 unspecified atom stereocenters. The van der Waals surface area contributed by atoms with E-state index in [0.717, 1.165) is 38.8 Å². The third-order valence-electron chi connectivity index (χ3n) is 4.18. The van der Waals surface area contributed by atoms with Crippen LogP contribution in [0.1, 0.15) is 17.5 Å². The molecule has 0 radical (unpaired) electrons. The Hall–Kier alpha value is -2.62. The fraction of sp³-hybridized carbons (Fsp3) is 0.167.